The van der Waals surface area contributed by atoms with E-state index in [1.807, 2.05) is 6.92 Å². The van der Waals surface area contributed by atoms with Crippen LogP contribution in [0.25, 0.3) is 0 Å². The zero-order valence-electron chi connectivity index (χ0n) is 10.00. The van der Waals surface area contributed by atoms with Crippen molar-refractivity contribution in [3.8, 4) is 0 Å². The van der Waals surface area contributed by atoms with Crippen LogP contribution in [-0.2, 0) is 4.74 Å². The van der Waals surface area contributed by atoms with Gasteiger partial charge in [-0.15, -0.1) is 0 Å². The van der Waals surface area contributed by atoms with E-state index in [4.69, 9.17) is 4.74 Å². The number of nitrogens with one attached hydrogen (secondary N) is 2. The second-order valence-corrected chi connectivity index (χ2v) is 4.84. The van der Waals surface area contributed by atoms with Crippen molar-refractivity contribution < 1.29 is 9.53 Å². The summed E-state index contributed by atoms with van der Waals surface area (Å²) in [7, 11) is 0. The largest absolute Gasteiger partial charge is 0.378 e. The van der Waals surface area contributed by atoms with Crippen molar-refractivity contribution in [2.45, 2.75) is 63.6 Å². The Hall–Kier alpha value is -0.770. The van der Waals surface area contributed by atoms with Gasteiger partial charge in [-0.25, -0.2) is 4.79 Å². The molecule has 0 saturated heterocycles. The topological polar surface area (TPSA) is 50.4 Å². The van der Waals surface area contributed by atoms with Crippen LogP contribution in [0, 0.1) is 0 Å². The number of hydrogen-bond acceptors (Lipinski definition) is 2. The highest BCUT2D eigenvalue weighted by atomic mass is 16.5. The Morgan fingerprint density at radius 3 is 2.44 bits per heavy atom. The third-order valence-corrected chi connectivity index (χ3v) is 3.52. The maximum atomic E-state index is 11.6. The lowest BCUT2D eigenvalue weighted by atomic mass is 9.89. The van der Waals surface area contributed by atoms with E-state index in [0.717, 1.165) is 32.3 Å². The molecule has 0 aromatic carbocycles. The molecule has 4 nitrogen and oxygen atoms in total. The predicted octanol–water partition coefficient (Wildman–Crippen LogP) is 1.80. The molecule has 16 heavy (non-hydrogen) atoms. The Kier molecular flexibility index (Phi) is 4.04. The van der Waals surface area contributed by atoms with Crippen LogP contribution in [0.2, 0.25) is 0 Å². The van der Waals surface area contributed by atoms with E-state index in [1.165, 1.54) is 12.8 Å². The first-order valence-electron chi connectivity index (χ1n) is 6.46. The Morgan fingerprint density at radius 2 is 1.81 bits per heavy atom. The first-order chi connectivity index (χ1) is 7.78. The van der Waals surface area contributed by atoms with Crippen LogP contribution in [0.5, 0.6) is 0 Å². The number of carbonyl (C=O) groups excluding carboxylic acids is 1. The summed E-state index contributed by atoms with van der Waals surface area (Å²) >= 11 is 0. The molecular formula is C12H22N2O2. The monoisotopic (exact) mass is 226 g/mol. The molecule has 0 unspecified atom stereocenters. The quantitative estimate of drug-likeness (QED) is 0.768. The molecule has 0 aliphatic heterocycles. The number of amides is 2. The minimum Gasteiger partial charge on any atom is -0.378 e. The van der Waals surface area contributed by atoms with Crippen molar-refractivity contribution >= 4 is 6.03 Å². The highest BCUT2D eigenvalue weighted by molar-refractivity contribution is 5.74. The number of rotatable bonds is 4. The zero-order valence-corrected chi connectivity index (χ0v) is 10.00. The van der Waals surface area contributed by atoms with E-state index in [1.54, 1.807) is 0 Å². The second-order valence-electron chi connectivity index (χ2n) is 4.84. The van der Waals surface area contributed by atoms with Gasteiger partial charge in [-0.05, 0) is 32.6 Å². The third kappa shape index (κ3) is 3.11. The maximum absolute atomic E-state index is 11.6. The third-order valence-electron chi connectivity index (χ3n) is 3.52. The van der Waals surface area contributed by atoms with Crippen LogP contribution in [0.4, 0.5) is 4.79 Å². The van der Waals surface area contributed by atoms with Gasteiger partial charge in [-0.2, -0.15) is 0 Å². The first-order valence-corrected chi connectivity index (χ1v) is 6.46. The van der Waals surface area contributed by atoms with Crippen LogP contribution < -0.4 is 10.6 Å². The summed E-state index contributed by atoms with van der Waals surface area (Å²) in [6.07, 6.45) is 7.07. The summed E-state index contributed by atoms with van der Waals surface area (Å²) in [6, 6.07) is 0.729. The molecule has 2 fully saturated rings. The molecule has 2 N–H and O–H groups in total. The standard InChI is InChI=1S/C12H22N2O2/c1-2-16-11-7-10(8-11)14-12(15)13-9-5-3-4-6-9/h9-11H,2-8H2,1H3,(H2,13,14,15). The fourth-order valence-corrected chi connectivity index (χ4v) is 2.54. The van der Waals surface area contributed by atoms with Crippen LogP contribution in [0.3, 0.4) is 0 Å². The van der Waals surface area contributed by atoms with E-state index >= 15 is 0 Å². The summed E-state index contributed by atoms with van der Waals surface area (Å²) < 4.78 is 5.45. The summed E-state index contributed by atoms with van der Waals surface area (Å²) in [5.41, 5.74) is 0. The number of urea groups is 1. The number of carbonyl (C=O) groups is 1. The lowest BCUT2D eigenvalue weighted by Gasteiger charge is -2.35. The maximum Gasteiger partial charge on any atom is 0.315 e. The Bertz CT molecular complexity index is 233. The minimum absolute atomic E-state index is 0.00634. The molecule has 2 aliphatic carbocycles. The fourth-order valence-electron chi connectivity index (χ4n) is 2.54. The Morgan fingerprint density at radius 1 is 1.19 bits per heavy atom. The van der Waals surface area contributed by atoms with Gasteiger partial charge in [-0.3, -0.25) is 0 Å². The van der Waals surface area contributed by atoms with Gasteiger partial charge >= 0.3 is 6.03 Å². The fraction of sp³-hybridized carbons (Fsp3) is 0.917. The molecule has 0 heterocycles. The van der Waals surface area contributed by atoms with E-state index < -0.39 is 0 Å². The molecule has 2 aliphatic rings. The molecular weight excluding hydrogens is 204 g/mol. The molecule has 2 rings (SSSR count). The van der Waals surface area contributed by atoms with Crippen molar-refractivity contribution in [1.82, 2.24) is 10.6 Å². The minimum atomic E-state index is 0.00634. The summed E-state index contributed by atoms with van der Waals surface area (Å²) in [6.45, 7) is 2.78. The van der Waals surface area contributed by atoms with Crippen molar-refractivity contribution in [1.29, 1.82) is 0 Å². The average molecular weight is 226 g/mol. The highest BCUT2D eigenvalue weighted by Crippen LogP contribution is 2.23. The van der Waals surface area contributed by atoms with Gasteiger partial charge in [-0.1, -0.05) is 12.8 Å². The van der Waals surface area contributed by atoms with Gasteiger partial charge in [0.05, 0.1) is 6.10 Å². The predicted molar refractivity (Wildman–Crippen MR) is 62.4 cm³/mol. The van der Waals surface area contributed by atoms with Crippen LogP contribution in [-0.4, -0.2) is 30.8 Å². The summed E-state index contributed by atoms with van der Waals surface area (Å²) in [5, 5.41) is 6.04. The van der Waals surface area contributed by atoms with Crippen LogP contribution >= 0.6 is 0 Å². The molecule has 4 heteroatoms. The summed E-state index contributed by atoms with van der Waals surface area (Å²) in [5.74, 6) is 0. The van der Waals surface area contributed by atoms with Gasteiger partial charge in [0, 0.05) is 18.7 Å². The van der Waals surface area contributed by atoms with Crippen LogP contribution in [0.15, 0.2) is 0 Å². The van der Waals surface area contributed by atoms with Gasteiger partial charge in [0.25, 0.3) is 0 Å². The van der Waals surface area contributed by atoms with E-state index in [2.05, 4.69) is 10.6 Å². The number of hydrogen-bond donors (Lipinski definition) is 2. The molecule has 0 radical (unpaired) electrons. The van der Waals surface area contributed by atoms with Crippen LogP contribution in [0.1, 0.15) is 45.4 Å². The SMILES string of the molecule is CCOC1CC(NC(=O)NC2CCCC2)C1. The average Bonchev–Trinajstić information content (AvgIpc) is 2.67. The van der Waals surface area contributed by atoms with Gasteiger partial charge in [0.15, 0.2) is 0 Å². The molecule has 2 amide bonds. The zero-order chi connectivity index (χ0) is 11.4. The molecule has 0 aromatic rings. The lowest BCUT2D eigenvalue weighted by Crippen LogP contribution is -2.52. The summed E-state index contributed by atoms with van der Waals surface area (Å²) in [4.78, 5) is 11.6. The lowest BCUT2D eigenvalue weighted by molar-refractivity contribution is -0.00714. The van der Waals surface area contributed by atoms with Crippen molar-refractivity contribution in [3.63, 3.8) is 0 Å². The smallest absolute Gasteiger partial charge is 0.315 e. The molecule has 0 bridgehead atoms. The molecule has 0 aromatic heterocycles. The van der Waals surface area contributed by atoms with E-state index in [9.17, 15) is 4.79 Å². The molecule has 0 spiro atoms. The van der Waals surface area contributed by atoms with Gasteiger partial charge in [0.1, 0.15) is 0 Å². The van der Waals surface area contributed by atoms with Crippen molar-refractivity contribution in [3.05, 3.63) is 0 Å². The Balaban J connectivity index is 1.58. The first kappa shape index (κ1) is 11.7. The highest BCUT2D eigenvalue weighted by Gasteiger charge is 2.31. The van der Waals surface area contributed by atoms with E-state index in [0.29, 0.717) is 18.2 Å². The van der Waals surface area contributed by atoms with Gasteiger partial charge in [0.2, 0.25) is 0 Å². The normalized spacial score (nSPS) is 29.8. The van der Waals surface area contributed by atoms with Crippen molar-refractivity contribution in [2.75, 3.05) is 6.61 Å². The molecule has 0 atom stereocenters. The molecule has 2 saturated carbocycles. The van der Waals surface area contributed by atoms with E-state index in [-0.39, 0.29) is 6.03 Å². The number of ether oxygens (including phenoxy) is 1. The Labute approximate surface area is 97.1 Å². The molecule has 92 valence electrons. The van der Waals surface area contributed by atoms with Gasteiger partial charge < -0.3 is 15.4 Å². The van der Waals surface area contributed by atoms with Crippen molar-refractivity contribution in [2.24, 2.45) is 0 Å². The second kappa shape index (κ2) is 5.53.